The molecule has 0 N–H and O–H groups in total. The summed E-state index contributed by atoms with van der Waals surface area (Å²) in [6.07, 6.45) is 6.77. The van der Waals surface area contributed by atoms with Crippen molar-refractivity contribution < 1.29 is 17.9 Å². The number of nitrogens with zero attached hydrogens (tertiary/aromatic N) is 2. The molecular weight excluding hydrogens is 408 g/mol. The lowest BCUT2D eigenvalue weighted by molar-refractivity contribution is -0.117. The predicted octanol–water partition coefficient (Wildman–Crippen LogP) is 2.73. The molecule has 150 valence electrons. The highest BCUT2D eigenvalue weighted by atomic mass is 32.2. The number of thiazole rings is 1. The Kier molecular flexibility index (Phi) is 5.91. The fourth-order valence-electron chi connectivity index (χ4n) is 2.98. The van der Waals surface area contributed by atoms with E-state index in [0.717, 1.165) is 28.6 Å². The normalized spacial score (nSPS) is 12.1. The first-order valence-corrected chi connectivity index (χ1v) is 11.4. The van der Waals surface area contributed by atoms with Crippen LogP contribution in [0.2, 0.25) is 0 Å². The highest BCUT2D eigenvalue weighted by Gasteiger charge is 2.13. The van der Waals surface area contributed by atoms with E-state index in [0.29, 0.717) is 9.50 Å². The van der Waals surface area contributed by atoms with Gasteiger partial charge in [-0.1, -0.05) is 29.4 Å². The van der Waals surface area contributed by atoms with E-state index in [1.165, 1.54) is 17.4 Å². The van der Waals surface area contributed by atoms with Crippen molar-refractivity contribution >= 4 is 37.3 Å². The van der Waals surface area contributed by atoms with Crippen molar-refractivity contribution in [2.75, 3.05) is 13.4 Å². The van der Waals surface area contributed by atoms with Gasteiger partial charge >= 0.3 is 0 Å². The summed E-state index contributed by atoms with van der Waals surface area (Å²) in [5.74, 6) is 3.01. The van der Waals surface area contributed by atoms with E-state index >= 15 is 0 Å². The lowest BCUT2D eigenvalue weighted by atomic mass is 10.1. The van der Waals surface area contributed by atoms with E-state index in [1.54, 1.807) is 23.8 Å². The van der Waals surface area contributed by atoms with Crippen molar-refractivity contribution in [3.8, 4) is 18.1 Å². The lowest BCUT2D eigenvalue weighted by Gasteiger charge is -2.06. The van der Waals surface area contributed by atoms with Gasteiger partial charge in [-0.2, -0.15) is 4.99 Å². The largest absolute Gasteiger partial charge is 0.496 e. The zero-order chi connectivity index (χ0) is 21.2. The van der Waals surface area contributed by atoms with Gasteiger partial charge in [0.2, 0.25) is 0 Å². The number of carbonyl (C=O) groups excluding carboxylic acids is 1. The Hall–Kier alpha value is -2.89. The fourth-order valence-corrected chi connectivity index (χ4v) is 4.79. The van der Waals surface area contributed by atoms with Crippen LogP contribution in [-0.2, 0) is 27.6 Å². The van der Waals surface area contributed by atoms with Gasteiger partial charge < -0.3 is 9.30 Å². The van der Waals surface area contributed by atoms with Crippen LogP contribution in [0.4, 0.5) is 0 Å². The summed E-state index contributed by atoms with van der Waals surface area (Å²) in [4.78, 5) is 17.5. The number of ether oxygens (including phenoxy) is 1. The van der Waals surface area contributed by atoms with Gasteiger partial charge in [-0.25, -0.2) is 8.42 Å². The molecule has 0 saturated carbocycles. The summed E-state index contributed by atoms with van der Waals surface area (Å²) in [5.41, 5.74) is 2.52. The maximum Gasteiger partial charge on any atom is 0.252 e. The molecular formula is C21H20N2O4S2. The number of aromatic nitrogens is 1. The van der Waals surface area contributed by atoms with Crippen LogP contribution in [0.5, 0.6) is 5.75 Å². The second-order valence-corrected chi connectivity index (χ2v) is 9.59. The molecule has 3 aromatic rings. The third-order valence-corrected chi connectivity index (χ3v) is 6.52. The molecule has 1 heterocycles. The molecule has 0 aliphatic carbocycles. The van der Waals surface area contributed by atoms with E-state index < -0.39 is 9.84 Å². The first kappa shape index (κ1) is 20.8. The van der Waals surface area contributed by atoms with Crippen molar-refractivity contribution in [3.63, 3.8) is 0 Å². The van der Waals surface area contributed by atoms with E-state index in [4.69, 9.17) is 11.2 Å². The molecule has 0 bridgehead atoms. The molecule has 6 nitrogen and oxygen atoms in total. The summed E-state index contributed by atoms with van der Waals surface area (Å²) >= 11 is 1.24. The number of terminal acetylenes is 1. The minimum Gasteiger partial charge on any atom is -0.496 e. The van der Waals surface area contributed by atoms with Crippen molar-refractivity contribution in [1.29, 1.82) is 0 Å². The minimum absolute atomic E-state index is 0.143. The topological polar surface area (TPSA) is 77.7 Å². The molecule has 2 aromatic carbocycles. The number of methoxy groups -OCH3 is 1. The van der Waals surface area contributed by atoms with E-state index in [1.807, 2.05) is 25.1 Å². The molecule has 1 aromatic heterocycles. The van der Waals surface area contributed by atoms with Gasteiger partial charge in [0.05, 0.1) is 35.2 Å². The highest BCUT2D eigenvalue weighted by molar-refractivity contribution is 7.90. The molecule has 0 fully saturated rings. The van der Waals surface area contributed by atoms with Crippen LogP contribution in [0, 0.1) is 19.3 Å². The molecule has 0 spiro atoms. The smallest absolute Gasteiger partial charge is 0.252 e. The maximum absolute atomic E-state index is 12.6. The Morgan fingerprint density at radius 1 is 1.28 bits per heavy atom. The SMILES string of the molecule is C#CCn1c(=NC(=O)Cc2ccc(OC)c(C)c2)sc2cc(S(C)(=O)=O)ccc21. The van der Waals surface area contributed by atoms with Gasteiger partial charge in [-0.05, 0) is 42.3 Å². The zero-order valence-electron chi connectivity index (χ0n) is 16.3. The number of hydrogen-bond acceptors (Lipinski definition) is 5. The van der Waals surface area contributed by atoms with E-state index in [-0.39, 0.29) is 23.8 Å². The third kappa shape index (κ3) is 4.58. The number of rotatable bonds is 5. The molecule has 3 rings (SSSR count). The Labute approximate surface area is 173 Å². The molecule has 0 saturated heterocycles. The zero-order valence-corrected chi connectivity index (χ0v) is 17.9. The number of hydrogen-bond donors (Lipinski definition) is 0. The van der Waals surface area contributed by atoms with Crippen LogP contribution in [0.15, 0.2) is 46.3 Å². The van der Waals surface area contributed by atoms with E-state index in [9.17, 15) is 13.2 Å². The molecule has 1 amide bonds. The number of aryl methyl sites for hydroxylation is 1. The second-order valence-electron chi connectivity index (χ2n) is 6.56. The monoisotopic (exact) mass is 428 g/mol. The van der Waals surface area contributed by atoms with Gasteiger partial charge in [-0.3, -0.25) is 4.79 Å². The first-order chi connectivity index (χ1) is 13.7. The Morgan fingerprint density at radius 3 is 2.66 bits per heavy atom. The molecule has 0 unspecified atom stereocenters. The van der Waals surface area contributed by atoms with Crippen molar-refractivity contribution in [3.05, 3.63) is 52.3 Å². The molecule has 29 heavy (non-hydrogen) atoms. The fraction of sp³-hybridized carbons (Fsp3) is 0.238. The highest BCUT2D eigenvalue weighted by Crippen LogP contribution is 2.22. The van der Waals surface area contributed by atoms with E-state index in [2.05, 4.69) is 10.9 Å². The van der Waals surface area contributed by atoms with Crippen LogP contribution in [-0.4, -0.2) is 32.3 Å². The molecule has 0 aliphatic heterocycles. The van der Waals surface area contributed by atoms with Gasteiger partial charge in [0.1, 0.15) is 5.75 Å². The summed E-state index contributed by atoms with van der Waals surface area (Å²) in [6, 6.07) is 10.4. The van der Waals surface area contributed by atoms with Gasteiger partial charge in [-0.15, -0.1) is 6.42 Å². The van der Waals surface area contributed by atoms with Crippen LogP contribution in [0.25, 0.3) is 10.2 Å². The number of benzene rings is 2. The maximum atomic E-state index is 12.6. The third-order valence-electron chi connectivity index (χ3n) is 4.37. The Morgan fingerprint density at radius 2 is 2.03 bits per heavy atom. The van der Waals surface area contributed by atoms with Crippen molar-refractivity contribution in [2.45, 2.75) is 24.8 Å². The molecule has 0 atom stereocenters. The van der Waals surface area contributed by atoms with Crippen LogP contribution >= 0.6 is 11.3 Å². The minimum atomic E-state index is -3.33. The van der Waals surface area contributed by atoms with Gasteiger partial charge in [0, 0.05) is 6.26 Å². The summed E-state index contributed by atoms with van der Waals surface area (Å²) < 4.78 is 31.3. The Balaban J connectivity index is 2.01. The van der Waals surface area contributed by atoms with Crippen LogP contribution < -0.4 is 9.54 Å². The Bertz CT molecular complexity index is 1310. The lowest BCUT2D eigenvalue weighted by Crippen LogP contribution is -2.17. The molecule has 8 heteroatoms. The molecule has 0 radical (unpaired) electrons. The summed E-state index contributed by atoms with van der Waals surface area (Å²) in [5, 5.41) is 0. The van der Waals surface area contributed by atoms with Crippen molar-refractivity contribution in [2.24, 2.45) is 4.99 Å². The van der Waals surface area contributed by atoms with Gasteiger partial charge in [0.15, 0.2) is 14.6 Å². The van der Waals surface area contributed by atoms with Crippen molar-refractivity contribution in [1.82, 2.24) is 4.57 Å². The number of carbonyl (C=O) groups is 1. The first-order valence-electron chi connectivity index (χ1n) is 8.71. The number of sulfone groups is 1. The number of fused-ring (bicyclic) bond motifs is 1. The number of amides is 1. The quantitative estimate of drug-likeness (QED) is 0.586. The van der Waals surface area contributed by atoms with Crippen LogP contribution in [0.3, 0.4) is 0 Å². The average molecular weight is 429 g/mol. The average Bonchev–Trinajstić information content (AvgIpc) is 2.98. The van der Waals surface area contributed by atoms with Crippen LogP contribution in [0.1, 0.15) is 11.1 Å². The summed E-state index contributed by atoms with van der Waals surface area (Å²) in [7, 11) is -1.73. The predicted molar refractivity (Wildman–Crippen MR) is 114 cm³/mol. The molecule has 0 aliphatic rings. The summed E-state index contributed by atoms with van der Waals surface area (Å²) in [6.45, 7) is 2.14. The second kappa shape index (κ2) is 8.23. The standard InChI is InChI=1S/C21H20N2O4S2/c1-5-10-23-17-8-7-16(29(4,25)26)13-19(17)28-21(23)22-20(24)12-15-6-9-18(27-3)14(2)11-15/h1,6-9,11,13H,10,12H2,2-4H3. The van der Waals surface area contributed by atoms with Gasteiger partial charge in [0.25, 0.3) is 5.91 Å².